The van der Waals surface area contributed by atoms with E-state index in [9.17, 15) is 16.8 Å². The summed E-state index contributed by atoms with van der Waals surface area (Å²) in [5.41, 5.74) is 0. The van der Waals surface area contributed by atoms with Crippen LogP contribution in [0.4, 0.5) is 0 Å². The van der Waals surface area contributed by atoms with Crippen LogP contribution in [-0.4, -0.2) is 17.3 Å². The van der Waals surface area contributed by atoms with Crippen LogP contribution in [0.25, 0.3) is 0 Å². The second kappa shape index (κ2) is 31.8. The second-order valence-electron chi connectivity index (χ2n) is 1.76. The van der Waals surface area contributed by atoms with E-state index in [2.05, 4.69) is 69.6 Å². The summed E-state index contributed by atoms with van der Waals surface area (Å²) < 4.78 is 35.8. The van der Waals surface area contributed by atoms with Crippen molar-refractivity contribution >= 4 is 113 Å². The zero-order valence-electron chi connectivity index (χ0n) is 10.7. The van der Waals surface area contributed by atoms with Gasteiger partial charge in [-0.05, 0) is 20.7 Å². The molecule has 0 unspecified atom stereocenters. The van der Waals surface area contributed by atoms with Gasteiger partial charge in [0.15, 0.2) is 0 Å². The normalized spacial score (nSPS) is 7.04. The first-order chi connectivity index (χ1) is 11.2. The number of nitroso groups, excluding NO2 is 4. The maximum atomic E-state index is 9.34. The van der Waals surface area contributed by atoms with E-state index in [1.54, 1.807) is 0 Å². The molecule has 0 N–H and O–H groups in total. The standard InChI is InChI=1S/4CNO2S2.Mo/c4*3-2-1(5)6-4;/q4*-1;+4. The number of thiocarbonyl (C=S) groups is 4. The minimum absolute atomic E-state index is 0. The van der Waals surface area contributed by atoms with E-state index in [0.29, 0.717) is 0 Å². The van der Waals surface area contributed by atoms with Crippen LogP contribution >= 0.6 is 48.9 Å². The number of nitrogens with zero attached hydrogens (tertiary/aromatic N) is 4. The summed E-state index contributed by atoms with van der Waals surface area (Å²) in [7, 11) is 0. The minimum atomic E-state index is -0.394. The fourth-order valence-corrected chi connectivity index (χ4v) is 0.183. The molecule has 0 fully saturated rings. The van der Waals surface area contributed by atoms with Crippen LogP contribution in [0.5, 0.6) is 0 Å². The zero-order valence-corrected chi connectivity index (χ0v) is 19.3. The molecule has 138 valence electrons. The van der Waals surface area contributed by atoms with Gasteiger partial charge in [-0.25, -0.2) is 0 Å². The smallest absolute Gasteiger partial charge is 0.478 e. The summed E-state index contributed by atoms with van der Waals surface area (Å²) >= 11 is 15.8. The van der Waals surface area contributed by atoms with Gasteiger partial charge >= 0.3 is 21.1 Å². The molecule has 0 aromatic heterocycles. The summed E-state index contributed by atoms with van der Waals surface area (Å²) in [5.74, 6) is 0. The maximum absolute atomic E-state index is 9.34. The third-order valence-electron chi connectivity index (χ3n) is 0.583. The summed E-state index contributed by atoms with van der Waals surface area (Å²) in [6.07, 6.45) is 0. The van der Waals surface area contributed by atoms with Gasteiger partial charge in [0.25, 0.3) is 0 Å². The molecule has 0 aliphatic carbocycles. The van der Waals surface area contributed by atoms with Gasteiger partial charge in [0.2, 0.25) is 0 Å². The molecule has 0 heterocycles. The van der Waals surface area contributed by atoms with Crippen LogP contribution in [0.15, 0.2) is 20.7 Å². The molecule has 0 aliphatic rings. The quantitative estimate of drug-likeness (QED) is 0.174. The Labute approximate surface area is 189 Å². The number of hydrogen-bond donors (Lipinski definition) is 0. The first-order valence-electron chi connectivity index (χ1n) is 3.92. The molecule has 0 aromatic rings. The molecule has 0 aliphatic heterocycles. The maximum Gasteiger partial charge on any atom is 4.00 e. The Kier molecular flexibility index (Phi) is 45.8. The molecule has 0 bridgehead atoms. The summed E-state index contributed by atoms with van der Waals surface area (Å²) in [5, 5.41) is 8.56. The van der Waals surface area contributed by atoms with Crippen molar-refractivity contribution in [2.24, 2.45) is 20.7 Å². The fraction of sp³-hybridized carbons (Fsp3) is 0. The predicted molar refractivity (Wildman–Crippen MR) is 106 cm³/mol. The van der Waals surface area contributed by atoms with Crippen molar-refractivity contribution in [2.45, 2.75) is 0 Å². The van der Waals surface area contributed by atoms with Crippen molar-refractivity contribution in [2.75, 3.05) is 0 Å². The van der Waals surface area contributed by atoms with Crippen molar-refractivity contribution in [3.05, 3.63) is 19.6 Å². The Morgan fingerprint density at radius 2 is 0.600 bits per heavy atom. The van der Waals surface area contributed by atoms with Crippen molar-refractivity contribution in [3.8, 4) is 0 Å². The Morgan fingerprint density at radius 3 is 0.600 bits per heavy atom. The molecule has 0 saturated heterocycles. The molecule has 0 rings (SSSR count). The van der Waals surface area contributed by atoms with Crippen LogP contribution in [0.2, 0.25) is 0 Å². The van der Waals surface area contributed by atoms with Gasteiger partial charge in [0, 0.05) is 0 Å². The molecular formula is C4MoN4O8S8. The number of hydrogen-bond acceptors (Lipinski definition) is 16. The largest absolute Gasteiger partial charge is 4.00 e. The molecule has 21 heteroatoms. The SMILES string of the molecule is O=NC(=S)[S-]=O.O=NC(=S)[S-]=O.O=NC(=S)[S-]=O.O=NC(=S)[S-]=O.[Mo+4]. The van der Waals surface area contributed by atoms with Crippen LogP contribution in [-0.2, 0) is 84.6 Å². The fourth-order valence-electron chi connectivity index (χ4n) is 0.0609. The van der Waals surface area contributed by atoms with E-state index in [1.807, 2.05) is 0 Å². The molecule has 12 nitrogen and oxygen atoms in total. The Hall–Kier alpha value is 0.0483. The van der Waals surface area contributed by atoms with Gasteiger partial charge in [-0.1, -0.05) is 48.9 Å². The van der Waals surface area contributed by atoms with Crippen molar-refractivity contribution < 1.29 is 37.9 Å². The average Bonchev–Trinajstić information content (AvgIpc) is 2.66. The van der Waals surface area contributed by atoms with Crippen LogP contribution in [0, 0.1) is 19.6 Å². The van der Waals surface area contributed by atoms with E-state index in [1.165, 1.54) is 0 Å². The minimum Gasteiger partial charge on any atom is -0.478 e. The third-order valence-corrected chi connectivity index (χ3v) is 2.57. The Bertz CT molecular complexity index is 420. The summed E-state index contributed by atoms with van der Waals surface area (Å²) in [6.45, 7) is 0. The van der Waals surface area contributed by atoms with Crippen LogP contribution in [0.3, 0.4) is 0 Å². The molecule has 0 atom stereocenters. The number of rotatable bonds is 0. The molecular weight excluding hydrogens is 585 g/mol. The molecule has 0 aromatic carbocycles. The summed E-state index contributed by atoms with van der Waals surface area (Å²) in [6, 6.07) is 0. The van der Waals surface area contributed by atoms with E-state index in [4.69, 9.17) is 19.6 Å². The average molecular weight is 585 g/mol. The van der Waals surface area contributed by atoms with Gasteiger partial charge in [-0.15, -0.1) is 19.6 Å². The van der Waals surface area contributed by atoms with Crippen molar-refractivity contribution in [1.29, 1.82) is 0 Å². The van der Waals surface area contributed by atoms with Crippen LogP contribution < -0.4 is 0 Å². The van der Waals surface area contributed by atoms with Gasteiger partial charge in [-0.3, -0.25) is 0 Å². The second-order valence-corrected chi connectivity index (χ2v) is 6.56. The van der Waals surface area contributed by atoms with Gasteiger partial charge < -0.3 is 63.5 Å². The molecule has 0 spiro atoms. The monoisotopic (exact) mass is 586 g/mol. The van der Waals surface area contributed by atoms with Crippen molar-refractivity contribution in [1.82, 2.24) is 0 Å². The zero-order chi connectivity index (χ0) is 20.0. The third kappa shape index (κ3) is 45.4. The van der Waals surface area contributed by atoms with Crippen LogP contribution in [0.1, 0.15) is 0 Å². The van der Waals surface area contributed by atoms with E-state index in [-0.39, 0.29) is 67.7 Å². The Balaban J connectivity index is -0.0000000702. The van der Waals surface area contributed by atoms with E-state index < -0.39 is 17.3 Å². The van der Waals surface area contributed by atoms with Gasteiger partial charge in [0.05, 0.1) is 17.3 Å². The van der Waals surface area contributed by atoms with Crippen molar-refractivity contribution in [3.63, 3.8) is 0 Å². The first-order valence-corrected chi connectivity index (χ1v) is 8.52. The van der Waals surface area contributed by atoms with E-state index >= 15 is 0 Å². The summed E-state index contributed by atoms with van der Waals surface area (Å²) in [4.78, 5) is 36.5. The van der Waals surface area contributed by atoms with Gasteiger partial charge in [-0.2, -0.15) is 0 Å². The molecule has 0 amide bonds. The molecule has 0 saturated carbocycles. The van der Waals surface area contributed by atoms with Gasteiger partial charge in [0.1, 0.15) is 0 Å². The topological polar surface area (TPSA) is 186 Å². The Morgan fingerprint density at radius 1 is 0.480 bits per heavy atom. The van der Waals surface area contributed by atoms with E-state index in [0.717, 1.165) is 0 Å². The molecule has 0 radical (unpaired) electrons. The predicted octanol–water partition coefficient (Wildman–Crippen LogP) is 1.86. The first kappa shape index (κ1) is 36.0. The molecule has 25 heavy (non-hydrogen) atoms.